The summed E-state index contributed by atoms with van der Waals surface area (Å²) in [4.78, 5) is 19.3. The van der Waals surface area contributed by atoms with Crippen LogP contribution in [0.4, 0.5) is 0 Å². The van der Waals surface area contributed by atoms with Crippen LogP contribution in [0.25, 0.3) is 5.69 Å². The van der Waals surface area contributed by atoms with Crippen molar-refractivity contribution >= 4 is 5.91 Å². The van der Waals surface area contributed by atoms with Gasteiger partial charge in [0.1, 0.15) is 17.9 Å². The van der Waals surface area contributed by atoms with Crippen molar-refractivity contribution in [3.05, 3.63) is 48.3 Å². The van der Waals surface area contributed by atoms with Crippen LogP contribution >= 0.6 is 0 Å². The van der Waals surface area contributed by atoms with Gasteiger partial charge in [-0.25, -0.2) is 9.67 Å². The Kier molecular flexibility index (Phi) is 4.57. The van der Waals surface area contributed by atoms with Crippen molar-refractivity contribution in [3.8, 4) is 11.4 Å². The highest BCUT2D eigenvalue weighted by atomic mass is 16.3. The van der Waals surface area contributed by atoms with Gasteiger partial charge in [0.25, 0.3) is 5.91 Å². The van der Waals surface area contributed by atoms with Crippen LogP contribution in [-0.4, -0.2) is 58.8 Å². The van der Waals surface area contributed by atoms with E-state index in [1.54, 1.807) is 17.0 Å². The van der Waals surface area contributed by atoms with Crippen molar-refractivity contribution in [2.45, 2.75) is 32.2 Å². The number of aromatic hydroxyl groups is 1. The highest BCUT2D eigenvalue weighted by Crippen LogP contribution is 2.29. The number of likely N-dealkylation sites (tertiary alicyclic amines) is 1. The van der Waals surface area contributed by atoms with Gasteiger partial charge in [-0.05, 0) is 42.3 Å². The lowest BCUT2D eigenvalue weighted by Gasteiger charge is -2.33. The summed E-state index contributed by atoms with van der Waals surface area (Å²) < 4.78 is 3.55. The quantitative estimate of drug-likeness (QED) is 0.751. The van der Waals surface area contributed by atoms with Gasteiger partial charge < -0.3 is 14.6 Å². The third kappa shape index (κ3) is 3.27. The van der Waals surface area contributed by atoms with E-state index in [4.69, 9.17) is 0 Å². The molecule has 1 atom stereocenters. The number of tetrazole rings is 1. The SMILES string of the molecule is CCn1ccnc1C1CCCN(C(=O)c2ccc(-n3cnnn3)cc2O)C1. The van der Waals surface area contributed by atoms with Gasteiger partial charge >= 0.3 is 0 Å². The second kappa shape index (κ2) is 7.18. The number of hydrogen-bond donors (Lipinski definition) is 1. The molecule has 2 aromatic heterocycles. The zero-order chi connectivity index (χ0) is 18.8. The number of phenols is 1. The summed E-state index contributed by atoms with van der Waals surface area (Å²) in [5.41, 5.74) is 0.877. The number of amides is 1. The molecule has 140 valence electrons. The van der Waals surface area contributed by atoms with Gasteiger partial charge in [0.05, 0.1) is 11.3 Å². The van der Waals surface area contributed by atoms with Crippen molar-refractivity contribution in [2.75, 3.05) is 13.1 Å². The van der Waals surface area contributed by atoms with E-state index in [0.717, 1.165) is 25.2 Å². The van der Waals surface area contributed by atoms with Crippen LogP contribution in [0.15, 0.2) is 36.9 Å². The van der Waals surface area contributed by atoms with Crippen molar-refractivity contribution < 1.29 is 9.90 Å². The predicted molar refractivity (Wildman–Crippen MR) is 96.6 cm³/mol. The number of aromatic nitrogens is 6. The number of piperidine rings is 1. The molecule has 9 heteroatoms. The first-order valence-electron chi connectivity index (χ1n) is 9.04. The summed E-state index contributed by atoms with van der Waals surface area (Å²) in [6.07, 6.45) is 7.13. The largest absolute Gasteiger partial charge is 0.507 e. The molecule has 1 aromatic carbocycles. The highest BCUT2D eigenvalue weighted by molar-refractivity contribution is 5.97. The van der Waals surface area contributed by atoms with Crippen molar-refractivity contribution in [2.24, 2.45) is 0 Å². The minimum absolute atomic E-state index is 0.0785. The summed E-state index contributed by atoms with van der Waals surface area (Å²) >= 11 is 0. The normalized spacial score (nSPS) is 17.2. The molecule has 0 spiro atoms. The molecule has 1 saturated heterocycles. The van der Waals surface area contributed by atoms with E-state index in [2.05, 4.69) is 32.0 Å². The van der Waals surface area contributed by atoms with Crippen LogP contribution in [0.2, 0.25) is 0 Å². The monoisotopic (exact) mass is 367 g/mol. The number of aryl methyl sites for hydroxylation is 1. The smallest absolute Gasteiger partial charge is 0.257 e. The molecule has 0 aliphatic carbocycles. The molecule has 27 heavy (non-hydrogen) atoms. The molecule has 0 radical (unpaired) electrons. The van der Waals surface area contributed by atoms with E-state index in [1.807, 2.05) is 12.4 Å². The summed E-state index contributed by atoms with van der Waals surface area (Å²) in [5.74, 6) is 0.980. The second-order valence-corrected chi connectivity index (χ2v) is 6.62. The third-order valence-corrected chi connectivity index (χ3v) is 4.99. The number of carbonyl (C=O) groups excluding carboxylic acids is 1. The number of hydrogen-bond acceptors (Lipinski definition) is 6. The Balaban J connectivity index is 1.54. The molecule has 1 unspecified atom stereocenters. The van der Waals surface area contributed by atoms with Crippen molar-refractivity contribution in [3.63, 3.8) is 0 Å². The average Bonchev–Trinajstić information content (AvgIpc) is 3.39. The predicted octanol–water partition coefficient (Wildman–Crippen LogP) is 1.60. The molecular formula is C18H21N7O2. The summed E-state index contributed by atoms with van der Waals surface area (Å²) in [6.45, 7) is 4.22. The van der Waals surface area contributed by atoms with E-state index in [-0.39, 0.29) is 23.1 Å². The summed E-state index contributed by atoms with van der Waals surface area (Å²) in [7, 11) is 0. The molecule has 0 saturated carbocycles. The lowest BCUT2D eigenvalue weighted by molar-refractivity contribution is 0.0700. The van der Waals surface area contributed by atoms with Gasteiger partial charge in [0, 0.05) is 44.0 Å². The fourth-order valence-electron chi connectivity index (χ4n) is 3.61. The van der Waals surface area contributed by atoms with Crippen LogP contribution < -0.4 is 0 Å². The number of benzene rings is 1. The molecule has 9 nitrogen and oxygen atoms in total. The zero-order valence-corrected chi connectivity index (χ0v) is 15.1. The first-order valence-corrected chi connectivity index (χ1v) is 9.04. The average molecular weight is 367 g/mol. The maximum Gasteiger partial charge on any atom is 0.257 e. The standard InChI is InChI=1S/C18H21N7O2/c1-2-23-9-7-19-17(23)13-4-3-8-24(11-13)18(27)15-6-5-14(10-16(15)26)25-12-20-21-22-25/h5-7,9-10,12-13,26H,2-4,8,11H2,1H3. The van der Waals surface area contributed by atoms with Gasteiger partial charge in [-0.15, -0.1) is 5.10 Å². The van der Waals surface area contributed by atoms with Crippen molar-refractivity contribution in [1.82, 2.24) is 34.7 Å². The topological polar surface area (TPSA) is 102 Å². The Morgan fingerprint density at radius 2 is 2.26 bits per heavy atom. The number of imidazole rings is 1. The lowest BCUT2D eigenvalue weighted by Crippen LogP contribution is -2.39. The third-order valence-electron chi connectivity index (χ3n) is 4.99. The van der Waals surface area contributed by atoms with Gasteiger partial charge in [0.15, 0.2) is 0 Å². The second-order valence-electron chi connectivity index (χ2n) is 6.62. The van der Waals surface area contributed by atoms with Crippen LogP contribution in [0.5, 0.6) is 5.75 Å². The minimum atomic E-state index is -0.171. The van der Waals surface area contributed by atoms with E-state index >= 15 is 0 Å². The molecule has 4 rings (SSSR count). The maximum absolute atomic E-state index is 13.0. The van der Waals surface area contributed by atoms with Crippen LogP contribution in [0.3, 0.4) is 0 Å². The number of rotatable bonds is 4. The fraction of sp³-hybridized carbons (Fsp3) is 0.389. The summed E-state index contributed by atoms with van der Waals surface area (Å²) in [5, 5.41) is 21.3. The minimum Gasteiger partial charge on any atom is -0.507 e. The van der Waals surface area contributed by atoms with Gasteiger partial charge in [-0.1, -0.05) is 0 Å². The number of phenolic OH excluding ortho intramolecular Hbond substituents is 1. The van der Waals surface area contributed by atoms with Crippen LogP contribution in [0.1, 0.15) is 41.9 Å². The zero-order valence-electron chi connectivity index (χ0n) is 15.1. The van der Waals surface area contributed by atoms with Crippen LogP contribution in [-0.2, 0) is 6.54 Å². The van der Waals surface area contributed by atoms with E-state index < -0.39 is 0 Å². The number of carbonyl (C=O) groups is 1. The Bertz CT molecular complexity index is 935. The van der Waals surface area contributed by atoms with Gasteiger partial charge in [0.2, 0.25) is 0 Å². The van der Waals surface area contributed by atoms with E-state index in [0.29, 0.717) is 18.8 Å². The molecule has 1 aliphatic heterocycles. The lowest BCUT2D eigenvalue weighted by atomic mass is 9.96. The molecule has 1 aliphatic rings. The Morgan fingerprint density at radius 3 is 3.00 bits per heavy atom. The Morgan fingerprint density at radius 1 is 1.37 bits per heavy atom. The Hall–Kier alpha value is -3.23. The summed E-state index contributed by atoms with van der Waals surface area (Å²) in [6, 6.07) is 4.83. The molecule has 0 bridgehead atoms. The highest BCUT2D eigenvalue weighted by Gasteiger charge is 2.29. The molecule has 3 heterocycles. The van der Waals surface area contributed by atoms with Gasteiger partial charge in [-0.3, -0.25) is 4.79 Å². The first kappa shape index (κ1) is 17.2. The van der Waals surface area contributed by atoms with Crippen LogP contribution in [0, 0.1) is 0 Å². The Labute approximate surface area is 156 Å². The molecule has 3 aromatic rings. The first-order chi connectivity index (χ1) is 13.2. The van der Waals surface area contributed by atoms with E-state index in [1.165, 1.54) is 17.1 Å². The van der Waals surface area contributed by atoms with Crippen molar-refractivity contribution in [1.29, 1.82) is 0 Å². The number of nitrogens with zero attached hydrogens (tertiary/aromatic N) is 7. The fourth-order valence-corrected chi connectivity index (χ4v) is 3.61. The maximum atomic E-state index is 13.0. The molecule has 1 fully saturated rings. The molecular weight excluding hydrogens is 346 g/mol. The van der Waals surface area contributed by atoms with Gasteiger partial charge in [-0.2, -0.15) is 0 Å². The molecule has 1 amide bonds. The van der Waals surface area contributed by atoms with E-state index in [9.17, 15) is 9.90 Å². The molecule has 1 N–H and O–H groups in total.